The first-order chi connectivity index (χ1) is 12.2. The Hall–Kier alpha value is -1.65. The van der Waals surface area contributed by atoms with Crippen molar-refractivity contribution in [2.24, 2.45) is 17.8 Å². The zero-order chi connectivity index (χ0) is 17.2. The third-order valence-corrected chi connectivity index (χ3v) is 6.51. The van der Waals surface area contributed by atoms with Crippen molar-refractivity contribution in [3.05, 3.63) is 18.0 Å². The number of aromatic nitrogens is 2. The van der Waals surface area contributed by atoms with E-state index in [9.17, 15) is 4.79 Å². The molecule has 1 amide bonds. The van der Waals surface area contributed by atoms with Crippen LogP contribution in [0.1, 0.15) is 51.0 Å². The predicted octanol–water partition coefficient (Wildman–Crippen LogP) is 2.90. The van der Waals surface area contributed by atoms with Crippen molar-refractivity contribution >= 4 is 11.9 Å². The molecule has 2 saturated heterocycles. The van der Waals surface area contributed by atoms with Crippen molar-refractivity contribution in [1.29, 1.82) is 0 Å². The van der Waals surface area contributed by atoms with Gasteiger partial charge in [-0.25, -0.2) is 9.97 Å². The summed E-state index contributed by atoms with van der Waals surface area (Å²) >= 11 is 0. The maximum absolute atomic E-state index is 12.9. The molecule has 4 rings (SSSR count). The van der Waals surface area contributed by atoms with Gasteiger partial charge in [0.2, 0.25) is 11.9 Å². The van der Waals surface area contributed by atoms with E-state index in [0.717, 1.165) is 63.2 Å². The quantitative estimate of drug-likeness (QED) is 0.847. The van der Waals surface area contributed by atoms with Crippen molar-refractivity contribution in [3.63, 3.8) is 0 Å². The Morgan fingerprint density at radius 2 is 1.64 bits per heavy atom. The van der Waals surface area contributed by atoms with E-state index in [1.807, 2.05) is 12.4 Å². The lowest BCUT2D eigenvalue weighted by Gasteiger charge is -2.33. The van der Waals surface area contributed by atoms with E-state index in [2.05, 4.69) is 26.7 Å². The van der Waals surface area contributed by atoms with Gasteiger partial charge in [0, 0.05) is 44.5 Å². The number of aryl methyl sites for hydroxylation is 1. The van der Waals surface area contributed by atoms with E-state index in [4.69, 9.17) is 0 Å². The molecule has 0 spiro atoms. The molecule has 25 heavy (non-hydrogen) atoms. The molecule has 3 heterocycles. The highest BCUT2D eigenvalue weighted by atomic mass is 16.2. The van der Waals surface area contributed by atoms with E-state index in [1.54, 1.807) is 0 Å². The first-order valence-corrected chi connectivity index (χ1v) is 10.1. The second-order valence-electron chi connectivity index (χ2n) is 8.05. The molecule has 1 aromatic rings. The van der Waals surface area contributed by atoms with Crippen LogP contribution in [0.4, 0.5) is 5.95 Å². The molecule has 5 heteroatoms. The second-order valence-corrected chi connectivity index (χ2v) is 8.05. The van der Waals surface area contributed by atoms with Crippen molar-refractivity contribution in [2.45, 2.75) is 51.9 Å². The average molecular weight is 342 g/mol. The van der Waals surface area contributed by atoms with Gasteiger partial charge in [-0.3, -0.25) is 4.79 Å². The number of amides is 1. The van der Waals surface area contributed by atoms with Crippen LogP contribution in [0, 0.1) is 17.8 Å². The summed E-state index contributed by atoms with van der Waals surface area (Å²) < 4.78 is 0. The molecule has 1 aromatic heterocycles. The SMILES string of the molecule is CCc1cnc(N2CCC(C(=O)N3CC4CCCCC4C3)CC2)nc1. The van der Waals surface area contributed by atoms with Crippen molar-refractivity contribution in [1.82, 2.24) is 14.9 Å². The number of hydrogen-bond donors (Lipinski definition) is 0. The van der Waals surface area contributed by atoms with Gasteiger partial charge in [0.1, 0.15) is 0 Å². The van der Waals surface area contributed by atoms with E-state index in [1.165, 1.54) is 31.2 Å². The molecule has 5 nitrogen and oxygen atoms in total. The minimum atomic E-state index is 0.200. The number of fused-ring (bicyclic) bond motifs is 1. The molecule has 3 aliphatic rings. The molecule has 0 radical (unpaired) electrons. The lowest BCUT2D eigenvalue weighted by molar-refractivity contribution is -0.135. The maximum Gasteiger partial charge on any atom is 0.225 e. The van der Waals surface area contributed by atoms with Crippen molar-refractivity contribution in [2.75, 3.05) is 31.1 Å². The summed E-state index contributed by atoms with van der Waals surface area (Å²) in [5, 5.41) is 0. The maximum atomic E-state index is 12.9. The van der Waals surface area contributed by atoms with E-state index >= 15 is 0 Å². The van der Waals surface area contributed by atoms with Crippen LogP contribution in [0.15, 0.2) is 12.4 Å². The molecule has 0 aromatic carbocycles. The topological polar surface area (TPSA) is 49.3 Å². The third kappa shape index (κ3) is 3.51. The Kier molecular flexibility index (Phi) is 4.91. The fourth-order valence-corrected chi connectivity index (χ4v) is 4.86. The summed E-state index contributed by atoms with van der Waals surface area (Å²) in [6, 6.07) is 0. The molecule has 136 valence electrons. The molecule has 0 bridgehead atoms. The van der Waals surface area contributed by atoms with Crippen LogP contribution in [0.2, 0.25) is 0 Å². The fraction of sp³-hybridized carbons (Fsp3) is 0.750. The summed E-state index contributed by atoms with van der Waals surface area (Å²) in [5.41, 5.74) is 1.17. The van der Waals surface area contributed by atoms with Crippen molar-refractivity contribution in [3.8, 4) is 0 Å². The average Bonchev–Trinajstić information content (AvgIpc) is 3.12. The normalized spacial score (nSPS) is 27.4. The lowest BCUT2D eigenvalue weighted by atomic mass is 9.82. The number of hydrogen-bond acceptors (Lipinski definition) is 4. The monoisotopic (exact) mass is 342 g/mol. The van der Waals surface area contributed by atoms with Crippen LogP contribution < -0.4 is 4.90 Å². The Morgan fingerprint density at radius 3 is 2.20 bits per heavy atom. The van der Waals surface area contributed by atoms with Gasteiger partial charge >= 0.3 is 0 Å². The fourth-order valence-electron chi connectivity index (χ4n) is 4.86. The zero-order valence-corrected chi connectivity index (χ0v) is 15.4. The standard InChI is InChI=1S/C20H30N4O/c1-2-15-11-21-20(22-12-15)23-9-7-16(8-10-23)19(25)24-13-17-5-3-4-6-18(17)14-24/h11-12,16-18H,2-10,13-14H2,1H3. The lowest BCUT2D eigenvalue weighted by Crippen LogP contribution is -2.42. The summed E-state index contributed by atoms with van der Waals surface area (Å²) in [6.07, 6.45) is 12.1. The molecule has 0 N–H and O–H groups in total. The van der Waals surface area contributed by atoms with Gasteiger partial charge < -0.3 is 9.80 Å². The highest BCUT2D eigenvalue weighted by molar-refractivity contribution is 5.79. The molecular weight excluding hydrogens is 312 g/mol. The predicted molar refractivity (Wildman–Crippen MR) is 98.4 cm³/mol. The van der Waals surface area contributed by atoms with Crippen LogP contribution >= 0.6 is 0 Å². The number of likely N-dealkylation sites (tertiary alicyclic amines) is 1. The summed E-state index contributed by atoms with van der Waals surface area (Å²) in [7, 11) is 0. The number of anilines is 1. The molecule has 2 aliphatic heterocycles. The third-order valence-electron chi connectivity index (χ3n) is 6.51. The Morgan fingerprint density at radius 1 is 1.04 bits per heavy atom. The summed E-state index contributed by atoms with van der Waals surface area (Å²) in [4.78, 5) is 26.3. The number of carbonyl (C=O) groups excluding carboxylic acids is 1. The molecule has 2 atom stereocenters. The van der Waals surface area contributed by atoms with E-state index in [0.29, 0.717) is 5.91 Å². The highest BCUT2D eigenvalue weighted by Crippen LogP contribution is 2.37. The largest absolute Gasteiger partial charge is 0.342 e. The van der Waals surface area contributed by atoms with E-state index < -0.39 is 0 Å². The second kappa shape index (κ2) is 7.30. The molecule has 1 saturated carbocycles. The zero-order valence-electron chi connectivity index (χ0n) is 15.4. The van der Waals surface area contributed by atoms with E-state index in [-0.39, 0.29) is 5.92 Å². The smallest absolute Gasteiger partial charge is 0.225 e. The first kappa shape index (κ1) is 16.8. The van der Waals surface area contributed by atoms with Gasteiger partial charge in [-0.2, -0.15) is 0 Å². The Balaban J connectivity index is 1.31. The van der Waals surface area contributed by atoms with Gasteiger partial charge in [-0.15, -0.1) is 0 Å². The van der Waals surface area contributed by atoms with Gasteiger partial charge in [-0.1, -0.05) is 19.8 Å². The minimum Gasteiger partial charge on any atom is -0.342 e. The highest BCUT2D eigenvalue weighted by Gasteiger charge is 2.39. The number of nitrogens with zero attached hydrogens (tertiary/aromatic N) is 4. The van der Waals surface area contributed by atoms with Crippen LogP contribution in [0.25, 0.3) is 0 Å². The van der Waals surface area contributed by atoms with Gasteiger partial charge in [-0.05, 0) is 49.5 Å². The number of rotatable bonds is 3. The number of carbonyl (C=O) groups is 1. The van der Waals surface area contributed by atoms with Crippen molar-refractivity contribution < 1.29 is 4.79 Å². The van der Waals surface area contributed by atoms with Crippen LogP contribution in [0.3, 0.4) is 0 Å². The minimum absolute atomic E-state index is 0.200. The summed E-state index contributed by atoms with van der Waals surface area (Å²) in [6.45, 7) is 5.94. The molecule has 2 unspecified atom stereocenters. The Bertz CT molecular complexity index is 580. The van der Waals surface area contributed by atoms with Crippen LogP contribution in [0.5, 0.6) is 0 Å². The van der Waals surface area contributed by atoms with Gasteiger partial charge in [0.25, 0.3) is 0 Å². The van der Waals surface area contributed by atoms with Gasteiger partial charge in [0.05, 0.1) is 0 Å². The Labute approximate surface area is 150 Å². The molecule has 1 aliphatic carbocycles. The molecule has 3 fully saturated rings. The molecular formula is C20H30N4O. The summed E-state index contributed by atoms with van der Waals surface area (Å²) in [5.74, 6) is 2.99. The number of piperidine rings is 1. The van der Waals surface area contributed by atoms with Crippen LogP contribution in [-0.4, -0.2) is 47.0 Å². The first-order valence-electron chi connectivity index (χ1n) is 10.1. The van der Waals surface area contributed by atoms with Crippen LogP contribution in [-0.2, 0) is 11.2 Å². The van der Waals surface area contributed by atoms with Gasteiger partial charge in [0.15, 0.2) is 0 Å².